The molecule has 0 aliphatic rings. The topological polar surface area (TPSA) is 50.1 Å². The molecule has 17 heavy (non-hydrogen) atoms. The minimum absolute atomic E-state index is 0.425. The van der Waals surface area contributed by atoms with Crippen LogP contribution < -0.4 is 5.32 Å². The van der Waals surface area contributed by atoms with Gasteiger partial charge in [0, 0.05) is 25.9 Å². The van der Waals surface area contributed by atoms with Crippen LogP contribution in [0.25, 0.3) is 0 Å². The first-order chi connectivity index (χ1) is 8.08. The maximum absolute atomic E-state index is 10.4. The number of aryl methyl sites for hydroxylation is 1. The number of rotatable bonds is 4. The fourth-order valence-corrected chi connectivity index (χ4v) is 1.67. The first-order valence-electron chi connectivity index (χ1n) is 5.59. The zero-order chi connectivity index (χ0) is 12.3. The van der Waals surface area contributed by atoms with Gasteiger partial charge in [0.05, 0.1) is 0 Å². The van der Waals surface area contributed by atoms with Crippen molar-refractivity contribution >= 4 is 5.82 Å². The van der Waals surface area contributed by atoms with Gasteiger partial charge in [-0.2, -0.15) is 5.10 Å². The molecule has 1 aromatic heterocycles. The van der Waals surface area contributed by atoms with E-state index < -0.39 is 5.60 Å². The molecule has 0 aliphatic heterocycles. The lowest BCUT2D eigenvalue weighted by Crippen LogP contribution is -2.30. The summed E-state index contributed by atoms with van der Waals surface area (Å²) in [4.78, 5) is 0. The molecule has 2 aromatic rings. The first-order valence-corrected chi connectivity index (χ1v) is 5.59. The predicted octanol–water partition coefficient (Wildman–Crippen LogP) is 1.74. The van der Waals surface area contributed by atoms with Crippen LogP contribution in [0.5, 0.6) is 0 Å². The number of hydrogen-bond donors (Lipinski definition) is 2. The third kappa shape index (κ3) is 2.85. The molecule has 4 nitrogen and oxygen atoms in total. The van der Waals surface area contributed by atoms with Gasteiger partial charge in [0.2, 0.25) is 0 Å². The number of aromatic nitrogens is 2. The number of aliphatic hydroxyl groups is 1. The Morgan fingerprint density at radius 2 is 2.00 bits per heavy atom. The van der Waals surface area contributed by atoms with E-state index in [4.69, 9.17) is 0 Å². The summed E-state index contributed by atoms with van der Waals surface area (Å²) in [5.74, 6) is 0.767. The van der Waals surface area contributed by atoms with E-state index in [1.165, 1.54) is 0 Å². The number of hydrogen-bond acceptors (Lipinski definition) is 3. The Balaban J connectivity index is 2.03. The largest absolute Gasteiger partial charge is 0.384 e. The highest BCUT2D eigenvalue weighted by molar-refractivity contribution is 5.34. The summed E-state index contributed by atoms with van der Waals surface area (Å²) < 4.78 is 1.72. The van der Waals surface area contributed by atoms with Gasteiger partial charge in [0.1, 0.15) is 11.4 Å². The van der Waals surface area contributed by atoms with E-state index in [1.54, 1.807) is 11.6 Å². The molecule has 90 valence electrons. The second-order valence-electron chi connectivity index (χ2n) is 4.37. The van der Waals surface area contributed by atoms with Crippen LogP contribution in [0.2, 0.25) is 0 Å². The van der Waals surface area contributed by atoms with Crippen LogP contribution in [-0.2, 0) is 12.6 Å². The maximum atomic E-state index is 10.4. The number of nitrogens with zero attached hydrogens (tertiary/aromatic N) is 2. The van der Waals surface area contributed by atoms with E-state index in [-0.39, 0.29) is 0 Å². The molecule has 1 heterocycles. The van der Waals surface area contributed by atoms with E-state index in [9.17, 15) is 5.11 Å². The van der Waals surface area contributed by atoms with Gasteiger partial charge in [-0.05, 0) is 12.5 Å². The molecule has 0 spiro atoms. The zero-order valence-corrected chi connectivity index (χ0v) is 10.1. The minimum atomic E-state index is -0.904. The average Bonchev–Trinajstić information content (AvgIpc) is 2.74. The van der Waals surface area contributed by atoms with E-state index >= 15 is 0 Å². The van der Waals surface area contributed by atoms with Gasteiger partial charge in [-0.25, -0.2) is 0 Å². The third-order valence-electron chi connectivity index (χ3n) is 2.72. The van der Waals surface area contributed by atoms with E-state index in [0.29, 0.717) is 6.54 Å². The fourth-order valence-electron chi connectivity index (χ4n) is 1.67. The second kappa shape index (κ2) is 4.59. The predicted molar refractivity (Wildman–Crippen MR) is 67.7 cm³/mol. The monoisotopic (exact) mass is 231 g/mol. The van der Waals surface area contributed by atoms with Crippen molar-refractivity contribution < 1.29 is 5.11 Å². The highest BCUT2D eigenvalue weighted by atomic mass is 16.3. The Hall–Kier alpha value is -1.81. The van der Waals surface area contributed by atoms with Crippen LogP contribution in [0, 0.1) is 0 Å². The average molecular weight is 231 g/mol. The molecule has 0 aliphatic carbocycles. The smallest absolute Gasteiger partial charge is 0.148 e. The van der Waals surface area contributed by atoms with Crippen LogP contribution >= 0.6 is 0 Å². The molecule has 1 atom stereocenters. The molecule has 1 aromatic carbocycles. The van der Waals surface area contributed by atoms with Gasteiger partial charge in [0.25, 0.3) is 0 Å². The third-order valence-corrected chi connectivity index (χ3v) is 2.72. The summed E-state index contributed by atoms with van der Waals surface area (Å²) >= 11 is 0. The van der Waals surface area contributed by atoms with Crippen molar-refractivity contribution in [2.45, 2.75) is 12.5 Å². The molecule has 0 radical (unpaired) electrons. The summed E-state index contributed by atoms with van der Waals surface area (Å²) in [5, 5.41) is 17.7. The Bertz CT molecular complexity index is 476. The van der Waals surface area contributed by atoms with Crippen molar-refractivity contribution in [3.63, 3.8) is 0 Å². The molecule has 2 rings (SSSR count). The van der Waals surface area contributed by atoms with Crippen LogP contribution in [0.3, 0.4) is 0 Å². The molecular formula is C13H17N3O. The van der Waals surface area contributed by atoms with Crippen LogP contribution in [0.15, 0.2) is 42.6 Å². The molecule has 0 saturated heterocycles. The van der Waals surface area contributed by atoms with Gasteiger partial charge in [-0.1, -0.05) is 30.3 Å². The Labute approximate surface area is 101 Å². The summed E-state index contributed by atoms with van der Waals surface area (Å²) in [6.07, 6.45) is 1.86. The Morgan fingerprint density at radius 3 is 2.59 bits per heavy atom. The van der Waals surface area contributed by atoms with Crippen LogP contribution in [-0.4, -0.2) is 21.4 Å². The summed E-state index contributed by atoms with van der Waals surface area (Å²) in [7, 11) is 1.86. The normalized spacial score (nSPS) is 14.3. The molecule has 2 N–H and O–H groups in total. The summed E-state index contributed by atoms with van der Waals surface area (Å²) in [6, 6.07) is 11.5. The lowest BCUT2D eigenvalue weighted by atomic mass is 9.96. The number of benzene rings is 1. The van der Waals surface area contributed by atoms with Crippen molar-refractivity contribution in [3.05, 3.63) is 48.2 Å². The van der Waals surface area contributed by atoms with Crippen molar-refractivity contribution in [1.82, 2.24) is 9.78 Å². The molecule has 0 fully saturated rings. The molecule has 0 amide bonds. The molecule has 0 saturated carbocycles. The standard InChI is InChI=1S/C13H17N3O/c1-13(17,11-6-4-3-5-7-11)10-14-12-8-9-16(2)15-12/h3-9,17H,10H2,1-2H3,(H,14,15). The Morgan fingerprint density at radius 1 is 1.29 bits per heavy atom. The van der Waals surface area contributed by atoms with E-state index in [1.807, 2.05) is 49.6 Å². The highest BCUT2D eigenvalue weighted by Crippen LogP contribution is 2.20. The minimum Gasteiger partial charge on any atom is -0.384 e. The SMILES string of the molecule is Cn1ccc(NCC(C)(O)c2ccccc2)n1. The molecule has 1 unspecified atom stereocenters. The summed E-state index contributed by atoms with van der Waals surface area (Å²) in [5.41, 5.74) is -0.0119. The van der Waals surface area contributed by atoms with Crippen LogP contribution in [0.1, 0.15) is 12.5 Å². The van der Waals surface area contributed by atoms with Gasteiger partial charge in [0.15, 0.2) is 0 Å². The van der Waals surface area contributed by atoms with Crippen molar-refractivity contribution in [2.75, 3.05) is 11.9 Å². The van der Waals surface area contributed by atoms with Gasteiger partial charge in [-0.15, -0.1) is 0 Å². The van der Waals surface area contributed by atoms with E-state index in [2.05, 4.69) is 10.4 Å². The first kappa shape index (κ1) is 11.7. The Kier molecular flexibility index (Phi) is 3.15. The van der Waals surface area contributed by atoms with Crippen molar-refractivity contribution in [2.24, 2.45) is 7.05 Å². The maximum Gasteiger partial charge on any atom is 0.148 e. The number of nitrogens with one attached hydrogen (secondary N) is 1. The molecule has 4 heteroatoms. The second-order valence-corrected chi connectivity index (χ2v) is 4.37. The van der Waals surface area contributed by atoms with Gasteiger partial charge < -0.3 is 10.4 Å². The van der Waals surface area contributed by atoms with Gasteiger partial charge in [-0.3, -0.25) is 4.68 Å². The fraction of sp³-hybridized carbons (Fsp3) is 0.308. The van der Waals surface area contributed by atoms with Crippen LogP contribution in [0.4, 0.5) is 5.82 Å². The summed E-state index contributed by atoms with van der Waals surface area (Å²) in [6.45, 7) is 2.21. The molecule has 0 bridgehead atoms. The van der Waals surface area contributed by atoms with Gasteiger partial charge >= 0.3 is 0 Å². The quantitative estimate of drug-likeness (QED) is 0.842. The molecular weight excluding hydrogens is 214 g/mol. The lowest BCUT2D eigenvalue weighted by Gasteiger charge is -2.24. The zero-order valence-electron chi connectivity index (χ0n) is 10.1. The lowest BCUT2D eigenvalue weighted by molar-refractivity contribution is 0.0714. The highest BCUT2D eigenvalue weighted by Gasteiger charge is 2.22. The number of anilines is 1. The van der Waals surface area contributed by atoms with Crippen molar-refractivity contribution in [3.8, 4) is 0 Å². The van der Waals surface area contributed by atoms with Crippen molar-refractivity contribution in [1.29, 1.82) is 0 Å². The van der Waals surface area contributed by atoms with E-state index in [0.717, 1.165) is 11.4 Å².